The first kappa shape index (κ1) is 20.7. The molecule has 9 nitrogen and oxygen atoms in total. The van der Waals surface area contributed by atoms with Crippen molar-refractivity contribution in [2.45, 2.75) is 31.7 Å². The molecule has 2 fully saturated rings. The minimum atomic E-state index is -0.271. The topological polar surface area (TPSA) is 112 Å². The lowest BCUT2D eigenvalue weighted by Gasteiger charge is -2.26. The van der Waals surface area contributed by atoms with Gasteiger partial charge >= 0.3 is 0 Å². The number of benzene rings is 1. The van der Waals surface area contributed by atoms with Crippen molar-refractivity contribution in [3.8, 4) is 6.07 Å². The van der Waals surface area contributed by atoms with E-state index in [4.69, 9.17) is 9.40 Å². The molecule has 2 aliphatic rings. The van der Waals surface area contributed by atoms with Gasteiger partial charge in [-0.15, -0.1) is 0 Å². The molecule has 1 aliphatic heterocycles. The Labute approximate surface area is 196 Å². The smallest absolute Gasteiger partial charge is 0.270 e. The second-order valence-electron chi connectivity index (χ2n) is 8.96. The van der Waals surface area contributed by atoms with Gasteiger partial charge < -0.3 is 20.0 Å². The highest BCUT2D eigenvalue weighted by atomic mass is 16.4. The van der Waals surface area contributed by atoms with Crippen molar-refractivity contribution in [3.63, 3.8) is 0 Å². The minimum absolute atomic E-state index is 0.0664. The summed E-state index contributed by atoms with van der Waals surface area (Å²) in [5, 5.41) is 17.8. The lowest BCUT2D eigenvalue weighted by molar-refractivity contribution is 0.515. The van der Waals surface area contributed by atoms with E-state index >= 15 is 0 Å². The second kappa shape index (κ2) is 8.47. The van der Waals surface area contributed by atoms with E-state index in [9.17, 15) is 10.1 Å². The second-order valence-corrected chi connectivity index (χ2v) is 8.96. The molecule has 2 N–H and O–H groups in total. The summed E-state index contributed by atoms with van der Waals surface area (Å²) in [6.07, 6.45) is 5.67. The van der Waals surface area contributed by atoms with Crippen molar-refractivity contribution in [3.05, 3.63) is 52.4 Å². The highest BCUT2D eigenvalue weighted by Crippen LogP contribution is 2.32. The van der Waals surface area contributed by atoms with E-state index < -0.39 is 0 Å². The maximum Gasteiger partial charge on any atom is 0.270 e. The van der Waals surface area contributed by atoms with Crippen molar-refractivity contribution in [1.29, 1.82) is 5.26 Å². The van der Waals surface area contributed by atoms with Gasteiger partial charge in [0.25, 0.3) is 5.56 Å². The lowest BCUT2D eigenvalue weighted by Crippen LogP contribution is -2.43. The molecule has 9 heteroatoms. The number of rotatable bonds is 4. The van der Waals surface area contributed by atoms with E-state index in [1.165, 1.54) is 0 Å². The van der Waals surface area contributed by atoms with E-state index in [1.54, 1.807) is 16.8 Å². The first-order valence-electron chi connectivity index (χ1n) is 11.8. The Morgan fingerprint density at radius 3 is 2.74 bits per heavy atom. The van der Waals surface area contributed by atoms with Crippen LogP contribution in [0, 0.1) is 11.3 Å². The molecule has 4 aromatic rings. The predicted molar refractivity (Wildman–Crippen MR) is 131 cm³/mol. The normalized spacial score (nSPS) is 16.9. The summed E-state index contributed by atoms with van der Waals surface area (Å²) in [6, 6.07) is 11.6. The molecular formula is C25H25N7O2. The Balaban J connectivity index is 1.35. The number of hydrogen-bond acceptors (Lipinski definition) is 8. The third-order valence-corrected chi connectivity index (χ3v) is 6.77. The predicted octanol–water partition coefficient (Wildman–Crippen LogP) is 3.68. The van der Waals surface area contributed by atoms with Crippen LogP contribution in [-0.4, -0.2) is 40.7 Å². The molecule has 0 unspecified atom stereocenters. The number of furan rings is 1. The van der Waals surface area contributed by atoms with Crippen LogP contribution < -0.4 is 21.1 Å². The van der Waals surface area contributed by atoms with Crippen LogP contribution >= 0.6 is 0 Å². The van der Waals surface area contributed by atoms with Gasteiger partial charge in [-0.2, -0.15) is 10.2 Å². The van der Waals surface area contributed by atoms with E-state index in [0.717, 1.165) is 74.4 Å². The summed E-state index contributed by atoms with van der Waals surface area (Å²) in [7, 11) is 0. The average Bonchev–Trinajstić information content (AvgIpc) is 3.54. The Morgan fingerprint density at radius 1 is 1.12 bits per heavy atom. The summed E-state index contributed by atoms with van der Waals surface area (Å²) in [5.74, 6) is 1.29. The van der Waals surface area contributed by atoms with E-state index in [1.807, 2.05) is 24.3 Å². The number of aromatic nitrogens is 3. The van der Waals surface area contributed by atoms with Crippen molar-refractivity contribution in [2.24, 2.45) is 0 Å². The van der Waals surface area contributed by atoms with E-state index in [-0.39, 0.29) is 17.2 Å². The minimum Gasteiger partial charge on any atom is -0.441 e. The molecule has 1 saturated heterocycles. The average molecular weight is 456 g/mol. The van der Waals surface area contributed by atoms with Crippen LogP contribution in [0.4, 0.5) is 17.5 Å². The molecule has 1 aliphatic carbocycles. The van der Waals surface area contributed by atoms with Gasteiger partial charge in [0.2, 0.25) is 5.95 Å². The number of piperazine rings is 1. The van der Waals surface area contributed by atoms with Gasteiger partial charge in [-0.05, 0) is 37.1 Å². The molecule has 0 atom stereocenters. The fraction of sp³-hybridized carbons (Fsp3) is 0.360. The van der Waals surface area contributed by atoms with Gasteiger partial charge in [0.05, 0.1) is 0 Å². The summed E-state index contributed by atoms with van der Waals surface area (Å²) in [4.78, 5) is 24.4. The van der Waals surface area contributed by atoms with Gasteiger partial charge in [0.15, 0.2) is 5.88 Å². The first-order valence-corrected chi connectivity index (χ1v) is 11.8. The third kappa shape index (κ3) is 3.66. The van der Waals surface area contributed by atoms with Crippen molar-refractivity contribution < 1.29 is 4.42 Å². The zero-order chi connectivity index (χ0) is 23.1. The van der Waals surface area contributed by atoms with Crippen molar-refractivity contribution in [2.75, 3.05) is 36.4 Å². The molecule has 34 heavy (non-hydrogen) atoms. The molecule has 4 heterocycles. The summed E-state index contributed by atoms with van der Waals surface area (Å²) < 4.78 is 7.75. The highest BCUT2D eigenvalue weighted by Gasteiger charge is 2.23. The summed E-state index contributed by atoms with van der Waals surface area (Å²) in [6.45, 7) is 3.74. The first-order chi connectivity index (χ1) is 16.7. The number of hydrogen-bond donors (Lipinski definition) is 2. The van der Waals surface area contributed by atoms with Gasteiger partial charge in [0, 0.05) is 60.9 Å². The zero-order valence-electron chi connectivity index (χ0n) is 18.8. The molecule has 3 aromatic heterocycles. The van der Waals surface area contributed by atoms with Gasteiger partial charge in [0.1, 0.15) is 22.9 Å². The number of anilines is 3. The Kier molecular flexibility index (Phi) is 5.15. The van der Waals surface area contributed by atoms with Crippen molar-refractivity contribution >= 4 is 39.5 Å². The molecule has 172 valence electrons. The van der Waals surface area contributed by atoms with Crippen LogP contribution in [0.5, 0.6) is 0 Å². The fourth-order valence-corrected chi connectivity index (χ4v) is 5.04. The molecule has 0 spiro atoms. The van der Waals surface area contributed by atoms with Crippen LogP contribution in [0.1, 0.15) is 37.3 Å². The Bertz CT molecular complexity index is 1470. The molecule has 0 bridgehead atoms. The Hall–Kier alpha value is -3.90. The highest BCUT2D eigenvalue weighted by molar-refractivity contribution is 5.85. The molecule has 0 amide bonds. The van der Waals surface area contributed by atoms with Crippen LogP contribution in [0.2, 0.25) is 0 Å². The number of pyridine rings is 1. The monoisotopic (exact) mass is 455 g/mol. The maximum absolute atomic E-state index is 13.0. The van der Waals surface area contributed by atoms with Crippen LogP contribution in [0.25, 0.3) is 22.0 Å². The lowest BCUT2D eigenvalue weighted by atomic mass is 10.2. The van der Waals surface area contributed by atoms with Crippen LogP contribution in [0.15, 0.2) is 45.7 Å². The Morgan fingerprint density at radius 2 is 1.94 bits per heavy atom. The van der Waals surface area contributed by atoms with Crippen LogP contribution in [-0.2, 0) is 0 Å². The summed E-state index contributed by atoms with van der Waals surface area (Å²) >= 11 is 0. The number of nitrogens with one attached hydrogen (secondary N) is 2. The van der Waals surface area contributed by atoms with Crippen LogP contribution in [0.3, 0.4) is 0 Å². The van der Waals surface area contributed by atoms with E-state index in [0.29, 0.717) is 17.0 Å². The number of nitriles is 1. The number of nitrogens with zero attached hydrogens (tertiary/aromatic N) is 5. The van der Waals surface area contributed by atoms with Gasteiger partial charge in [-0.3, -0.25) is 9.36 Å². The van der Waals surface area contributed by atoms with E-state index in [2.05, 4.69) is 26.6 Å². The molecule has 1 saturated carbocycles. The largest absolute Gasteiger partial charge is 0.441 e. The fourth-order valence-electron chi connectivity index (χ4n) is 5.04. The molecular weight excluding hydrogens is 430 g/mol. The number of fused-ring (bicyclic) bond motifs is 2. The quantitative estimate of drug-likeness (QED) is 0.479. The molecule has 0 radical (unpaired) electrons. The van der Waals surface area contributed by atoms with Gasteiger partial charge in [-0.25, -0.2) is 4.98 Å². The summed E-state index contributed by atoms with van der Waals surface area (Å²) in [5.41, 5.74) is 2.10. The molecule has 6 rings (SSSR count). The SMILES string of the molecule is N#Cc1cc2cnc(Nc3ccc4oc(N5CCNCC5)cc4c3)nc2n(C2CCCC2)c1=O. The molecule has 1 aromatic carbocycles. The third-order valence-electron chi connectivity index (χ3n) is 6.77. The maximum atomic E-state index is 13.0. The standard InChI is InChI=1S/C25H25N7O2/c26-14-17-11-18-15-28-25(30-23(18)32(24(17)33)20-3-1-2-4-20)29-19-5-6-21-16(12-19)13-22(34-21)31-9-7-27-8-10-31/h5-6,11-13,15,20,27H,1-4,7-10H2,(H,28,29,30). The van der Waals surface area contributed by atoms with Gasteiger partial charge in [-0.1, -0.05) is 12.8 Å². The van der Waals surface area contributed by atoms with Crippen molar-refractivity contribution in [1.82, 2.24) is 19.9 Å². The zero-order valence-corrected chi connectivity index (χ0v) is 18.8.